The first-order chi connectivity index (χ1) is 10.9. The average Bonchev–Trinajstić information content (AvgIpc) is 2.64. The molecule has 0 aliphatic carbocycles. The molecule has 0 aromatic heterocycles. The summed E-state index contributed by atoms with van der Waals surface area (Å²) in [6, 6.07) is -0.761. The number of aliphatic hydroxyl groups excluding tert-OH is 1. The van der Waals surface area contributed by atoms with Crippen LogP contribution in [0, 0.1) is 11.3 Å². The SMILES string of the molecule is CC(O)[C@@H]1C(=O)N2[C@@H]1SC(C)(C)[C@@H]2C(=O)OCOC(=O)C(C)(C)C. The minimum absolute atomic E-state index is 0.234. The van der Waals surface area contributed by atoms with Crippen molar-refractivity contribution in [2.24, 2.45) is 11.3 Å². The van der Waals surface area contributed by atoms with E-state index in [2.05, 4.69) is 0 Å². The number of β-lactam (4-membered cyclic amide) rings is 1. The van der Waals surface area contributed by atoms with E-state index in [1.165, 1.54) is 16.7 Å². The van der Waals surface area contributed by atoms with Gasteiger partial charge in [-0.3, -0.25) is 9.59 Å². The second-order valence-electron chi connectivity index (χ2n) is 7.79. The lowest BCUT2D eigenvalue weighted by Gasteiger charge is -2.45. The maximum atomic E-state index is 12.4. The molecule has 0 aromatic carbocycles. The summed E-state index contributed by atoms with van der Waals surface area (Å²) in [6.07, 6.45) is -0.760. The fraction of sp³-hybridized carbons (Fsp3) is 0.812. The van der Waals surface area contributed by atoms with Crippen molar-refractivity contribution in [2.75, 3.05) is 6.79 Å². The van der Waals surface area contributed by atoms with E-state index >= 15 is 0 Å². The molecule has 2 aliphatic heterocycles. The van der Waals surface area contributed by atoms with Crippen LogP contribution in [0.5, 0.6) is 0 Å². The van der Waals surface area contributed by atoms with E-state index in [-0.39, 0.29) is 11.3 Å². The number of ether oxygens (including phenoxy) is 2. The Kier molecular flexibility index (Phi) is 4.94. The first kappa shape index (κ1) is 19.1. The number of rotatable bonds is 4. The zero-order valence-corrected chi connectivity index (χ0v) is 15.7. The molecule has 8 heteroatoms. The molecule has 2 heterocycles. The molecule has 7 nitrogen and oxygen atoms in total. The molecule has 0 saturated carbocycles. The second-order valence-corrected chi connectivity index (χ2v) is 9.56. The van der Waals surface area contributed by atoms with Crippen LogP contribution >= 0.6 is 11.8 Å². The zero-order valence-electron chi connectivity index (χ0n) is 14.9. The Bertz CT molecular complexity index is 553. The van der Waals surface area contributed by atoms with E-state index in [1.807, 2.05) is 13.8 Å². The summed E-state index contributed by atoms with van der Waals surface area (Å²) in [6.45, 7) is 9.92. The molecule has 0 spiro atoms. The Morgan fingerprint density at radius 2 is 1.92 bits per heavy atom. The Morgan fingerprint density at radius 1 is 1.33 bits per heavy atom. The standard InChI is InChI=1S/C16H25NO6S/c1-8(18)9-11(19)17-10(16(5,6)24-12(9)17)13(20)22-7-23-14(21)15(2,3)4/h8-10,12,18H,7H2,1-6H3/t8?,9-,10+,12-/m1/s1. The molecule has 24 heavy (non-hydrogen) atoms. The van der Waals surface area contributed by atoms with Gasteiger partial charge in [0.1, 0.15) is 6.04 Å². The largest absolute Gasteiger partial charge is 0.427 e. The summed E-state index contributed by atoms with van der Waals surface area (Å²) in [4.78, 5) is 37.8. The van der Waals surface area contributed by atoms with Crippen LogP contribution in [0.25, 0.3) is 0 Å². The van der Waals surface area contributed by atoms with E-state index < -0.39 is 47.0 Å². The molecular weight excluding hydrogens is 334 g/mol. The van der Waals surface area contributed by atoms with Crippen LogP contribution in [0.4, 0.5) is 0 Å². The van der Waals surface area contributed by atoms with Crippen molar-refractivity contribution in [3.05, 3.63) is 0 Å². The second kappa shape index (κ2) is 6.22. The Labute approximate surface area is 146 Å². The molecule has 2 fully saturated rings. The molecule has 2 saturated heterocycles. The minimum atomic E-state index is -0.761. The fourth-order valence-electron chi connectivity index (χ4n) is 2.90. The van der Waals surface area contributed by atoms with Gasteiger partial charge in [-0.1, -0.05) is 0 Å². The Morgan fingerprint density at radius 3 is 2.42 bits per heavy atom. The van der Waals surface area contributed by atoms with Crippen LogP contribution in [0.2, 0.25) is 0 Å². The molecule has 136 valence electrons. The molecule has 1 unspecified atom stereocenters. The van der Waals surface area contributed by atoms with Gasteiger partial charge in [-0.15, -0.1) is 11.8 Å². The molecule has 2 rings (SSSR count). The third kappa shape index (κ3) is 3.26. The summed E-state index contributed by atoms with van der Waals surface area (Å²) in [7, 11) is 0. The minimum Gasteiger partial charge on any atom is -0.427 e. The van der Waals surface area contributed by atoms with Gasteiger partial charge < -0.3 is 19.5 Å². The number of carbonyl (C=O) groups is 3. The van der Waals surface area contributed by atoms with Gasteiger partial charge in [0.25, 0.3) is 0 Å². The summed E-state index contributed by atoms with van der Waals surface area (Å²) >= 11 is 1.47. The normalized spacial score (nSPS) is 29.5. The van der Waals surface area contributed by atoms with Crippen LogP contribution in [0.15, 0.2) is 0 Å². The van der Waals surface area contributed by atoms with Crippen molar-refractivity contribution < 1.29 is 29.0 Å². The maximum absolute atomic E-state index is 12.4. The monoisotopic (exact) mass is 359 g/mol. The number of esters is 2. The number of thioether (sulfide) groups is 1. The first-order valence-corrected chi connectivity index (χ1v) is 8.78. The third-order valence-electron chi connectivity index (χ3n) is 4.23. The first-order valence-electron chi connectivity index (χ1n) is 7.90. The predicted molar refractivity (Wildman–Crippen MR) is 87.8 cm³/mol. The van der Waals surface area contributed by atoms with Crippen molar-refractivity contribution >= 4 is 29.6 Å². The lowest BCUT2D eigenvalue weighted by molar-refractivity contribution is -0.183. The summed E-state index contributed by atoms with van der Waals surface area (Å²) in [5.74, 6) is -1.82. The topological polar surface area (TPSA) is 93.1 Å². The van der Waals surface area contributed by atoms with Gasteiger partial charge in [-0.25, -0.2) is 4.79 Å². The van der Waals surface area contributed by atoms with Gasteiger partial charge in [-0.2, -0.15) is 0 Å². The van der Waals surface area contributed by atoms with E-state index in [1.54, 1.807) is 27.7 Å². The van der Waals surface area contributed by atoms with Gasteiger partial charge in [0.15, 0.2) is 0 Å². The average molecular weight is 359 g/mol. The van der Waals surface area contributed by atoms with E-state index in [9.17, 15) is 19.5 Å². The molecule has 0 bridgehead atoms. The number of hydrogen-bond donors (Lipinski definition) is 1. The molecule has 1 N–H and O–H groups in total. The Hall–Kier alpha value is -1.28. The molecule has 4 atom stereocenters. The number of carbonyl (C=O) groups excluding carboxylic acids is 3. The van der Waals surface area contributed by atoms with E-state index in [0.29, 0.717) is 0 Å². The smallest absolute Gasteiger partial charge is 0.333 e. The predicted octanol–water partition coefficient (Wildman–Crippen LogP) is 1.14. The molecule has 2 aliphatic rings. The quantitative estimate of drug-likeness (QED) is 0.457. The molecule has 0 aromatic rings. The van der Waals surface area contributed by atoms with Crippen molar-refractivity contribution in [1.29, 1.82) is 0 Å². The van der Waals surface area contributed by atoms with Crippen molar-refractivity contribution in [1.82, 2.24) is 4.90 Å². The van der Waals surface area contributed by atoms with E-state index in [0.717, 1.165) is 0 Å². The van der Waals surface area contributed by atoms with Gasteiger partial charge in [0.2, 0.25) is 12.7 Å². The van der Waals surface area contributed by atoms with Crippen molar-refractivity contribution in [3.8, 4) is 0 Å². The van der Waals surface area contributed by atoms with E-state index in [4.69, 9.17) is 9.47 Å². The van der Waals surface area contributed by atoms with Crippen molar-refractivity contribution in [3.63, 3.8) is 0 Å². The molecular formula is C16H25NO6S. The van der Waals surface area contributed by atoms with Crippen LogP contribution in [0.1, 0.15) is 41.5 Å². The summed E-state index contributed by atoms with van der Waals surface area (Å²) in [5.41, 5.74) is -0.683. The number of hydrogen-bond acceptors (Lipinski definition) is 7. The summed E-state index contributed by atoms with van der Waals surface area (Å²) in [5, 5.41) is 9.49. The van der Waals surface area contributed by atoms with Gasteiger partial charge in [0.05, 0.1) is 22.8 Å². The highest BCUT2D eigenvalue weighted by molar-refractivity contribution is 8.01. The van der Waals surface area contributed by atoms with Gasteiger partial charge in [-0.05, 0) is 41.5 Å². The number of amides is 1. The summed E-state index contributed by atoms with van der Waals surface area (Å²) < 4.78 is 9.46. The number of fused-ring (bicyclic) bond motifs is 1. The van der Waals surface area contributed by atoms with Crippen LogP contribution in [-0.2, 0) is 23.9 Å². The van der Waals surface area contributed by atoms with Crippen LogP contribution < -0.4 is 0 Å². The van der Waals surface area contributed by atoms with Gasteiger partial charge >= 0.3 is 11.9 Å². The lowest BCUT2D eigenvalue weighted by atomic mass is 9.88. The number of aliphatic hydroxyl groups is 1. The highest BCUT2D eigenvalue weighted by Crippen LogP contribution is 2.54. The van der Waals surface area contributed by atoms with Gasteiger partial charge in [0, 0.05) is 4.75 Å². The number of nitrogens with zero attached hydrogens (tertiary/aromatic N) is 1. The highest BCUT2D eigenvalue weighted by Gasteiger charge is 2.65. The lowest BCUT2D eigenvalue weighted by Crippen LogP contribution is -2.65. The molecule has 1 amide bonds. The maximum Gasteiger partial charge on any atom is 0.333 e. The zero-order chi connectivity index (χ0) is 18.4. The van der Waals surface area contributed by atoms with Crippen LogP contribution in [-0.4, -0.2) is 56.9 Å². The Balaban J connectivity index is 1.99. The fourth-order valence-corrected chi connectivity index (χ4v) is 4.69. The third-order valence-corrected chi connectivity index (χ3v) is 5.82. The van der Waals surface area contributed by atoms with Crippen LogP contribution in [0.3, 0.4) is 0 Å². The highest BCUT2D eigenvalue weighted by atomic mass is 32.2. The molecule has 0 radical (unpaired) electrons. The van der Waals surface area contributed by atoms with Crippen molar-refractivity contribution in [2.45, 2.75) is 63.8 Å².